The number of rotatable bonds is 1. The maximum atomic E-state index is 9.69. The zero-order valence-electron chi connectivity index (χ0n) is 8.84. The minimum Gasteiger partial charge on any atom is -0.507 e. The van der Waals surface area contributed by atoms with E-state index in [1.54, 1.807) is 18.2 Å². The third-order valence-electron chi connectivity index (χ3n) is 2.10. The van der Waals surface area contributed by atoms with Gasteiger partial charge >= 0.3 is 0 Å². The van der Waals surface area contributed by atoms with Gasteiger partial charge in [-0.1, -0.05) is 17.0 Å². The van der Waals surface area contributed by atoms with Gasteiger partial charge in [0.2, 0.25) is 0 Å². The van der Waals surface area contributed by atoms with Crippen molar-refractivity contribution in [2.24, 2.45) is 0 Å². The van der Waals surface area contributed by atoms with Gasteiger partial charge in [0.25, 0.3) is 0 Å². The Morgan fingerprint density at radius 2 is 2.24 bits per heavy atom. The van der Waals surface area contributed by atoms with Gasteiger partial charge in [0.15, 0.2) is 5.76 Å². The summed E-state index contributed by atoms with van der Waals surface area (Å²) >= 11 is 0. The van der Waals surface area contributed by atoms with E-state index in [4.69, 9.17) is 9.78 Å². The van der Waals surface area contributed by atoms with Crippen molar-refractivity contribution < 1.29 is 9.63 Å². The number of hydrogen-bond donors (Lipinski definition) is 1. The van der Waals surface area contributed by atoms with Crippen LogP contribution in [0.5, 0.6) is 5.75 Å². The van der Waals surface area contributed by atoms with E-state index in [0.29, 0.717) is 16.9 Å². The van der Waals surface area contributed by atoms with E-state index in [1.807, 2.05) is 6.07 Å². The van der Waals surface area contributed by atoms with Crippen LogP contribution in [0.1, 0.15) is 12.0 Å². The summed E-state index contributed by atoms with van der Waals surface area (Å²) in [5.41, 5.74) is 1.25. The number of hydrogen-bond acceptors (Lipinski definition) is 4. The van der Waals surface area contributed by atoms with Crippen LogP contribution in [0.4, 0.5) is 0 Å². The summed E-state index contributed by atoms with van der Waals surface area (Å²) in [4.78, 5) is 0. The van der Waals surface area contributed by atoms with Crippen molar-refractivity contribution >= 4 is 0 Å². The SMILES string of the molecule is N#CCC#Cc1ccc(O)c(-c2ccno2)c1. The zero-order chi connectivity index (χ0) is 12.1. The average Bonchev–Trinajstić information content (AvgIpc) is 2.85. The van der Waals surface area contributed by atoms with Crippen molar-refractivity contribution in [2.75, 3.05) is 0 Å². The Bertz CT molecular complexity index is 613. The molecule has 0 bridgehead atoms. The fourth-order valence-electron chi connectivity index (χ4n) is 1.35. The van der Waals surface area contributed by atoms with Gasteiger partial charge in [-0.25, -0.2) is 0 Å². The highest BCUT2D eigenvalue weighted by Crippen LogP contribution is 2.29. The summed E-state index contributed by atoms with van der Waals surface area (Å²) in [6, 6.07) is 8.51. The molecule has 4 nitrogen and oxygen atoms in total. The minimum atomic E-state index is 0.104. The van der Waals surface area contributed by atoms with Crippen LogP contribution in [0.25, 0.3) is 11.3 Å². The summed E-state index contributed by atoms with van der Waals surface area (Å²) < 4.78 is 4.97. The molecule has 1 aromatic carbocycles. The van der Waals surface area contributed by atoms with E-state index in [1.165, 1.54) is 12.3 Å². The molecule has 1 heterocycles. The Hall–Kier alpha value is -2.72. The number of phenols is 1. The summed E-state index contributed by atoms with van der Waals surface area (Å²) in [5, 5.41) is 21.6. The molecule has 0 unspecified atom stereocenters. The molecule has 0 aliphatic rings. The van der Waals surface area contributed by atoms with Gasteiger partial charge < -0.3 is 9.63 Å². The lowest BCUT2D eigenvalue weighted by Gasteiger charge is -2.00. The first-order valence-corrected chi connectivity index (χ1v) is 4.91. The van der Waals surface area contributed by atoms with Crippen LogP contribution in [0.3, 0.4) is 0 Å². The maximum Gasteiger partial charge on any atom is 0.170 e. The molecule has 1 aromatic heterocycles. The van der Waals surface area contributed by atoms with Crippen molar-refractivity contribution in [3.05, 3.63) is 36.0 Å². The molecule has 2 aromatic rings. The summed E-state index contributed by atoms with van der Waals surface area (Å²) in [6.45, 7) is 0. The van der Waals surface area contributed by atoms with Crippen LogP contribution < -0.4 is 0 Å². The van der Waals surface area contributed by atoms with E-state index >= 15 is 0 Å². The summed E-state index contributed by atoms with van der Waals surface area (Å²) in [6.07, 6.45) is 1.68. The monoisotopic (exact) mass is 224 g/mol. The Labute approximate surface area is 98.1 Å². The predicted octanol–water partition coefficient (Wildman–Crippen LogP) is 2.31. The molecule has 0 spiro atoms. The van der Waals surface area contributed by atoms with Crippen molar-refractivity contribution in [2.45, 2.75) is 6.42 Å². The molecule has 0 saturated heterocycles. The topological polar surface area (TPSA) is 70.0 Å². The summed E-state index contributed by atoms with van der Waals surface area (Å²) in [5.74, 6) is 6.12. The lowest BCUT2D eigenvalue weighted by atomic mass is 10.1. The molecule has 0 saturated carbocycles. The van der Waals surface area contributed by atoms with Crippen LogP contribution >= 0.6 is 0 Å². The highest BCUT2D eigenvalue weighted by Gasteiger charge is 2.08. The van der Waals surface area contributed by atoms with Crippen LogP contribution in [0, 0.1) is 23.2 Å². The molecule has 0 aliphatic carbocycles. The second kappa shape index (κ2) is 4.87. The molecule has 82 valence electrons. The number of nitriles is 1. The lowest BCUT2D eigenvalue weighted by molar-refractivity contribution is 0.426. The highest BCUT2D eigenvalue weighted by molar-refractivity contribution is 5.67. The molecule has 0 aliphatic heterocycles. The molecule has 2 rings (SSSR count). The maximum absolute atomic E-state index is 9.69. The van der Waals surface area contributed by atoms with Crippen molar-refractivity contribution in [1.82, 2.24) is 5.16 Å². The smallest absolute Gasteiger partial charge is 0.170 e. The van der Waals surface area contributed by atoms with Gasteiger partial charge in [-0.3, -0.25) is 0 Å². The van der Waals surface area contributed by atoms with Crippen LogP contribution in [-0.4, -0.2) is 10.3 Å². The number of phenolic OH excluding ortho intramolecular Hbond substituents is 1. The number of nitrogens with zero attached hydrogens (tertiary/aromatic N) is 2. The van der Waals surface area contributed by atoms with E-state index in [2.05, 4.69) is 17.0 Å². The molecule has 17 heavy (non-hydrogen) atoms. The Balaban J connectivity index is 2.38. The van der Waals surface area contributed by atoms with Crippen molar-refractivity contribution in [1.29, 1.82) is 5.26 Å². The van der Waals surface area contributed by atoms with E-state index < -0.39 is 0 Å². The molecule has 0 radical (unpaired) electrons. The van der Waals surface area contributed by atoms with Crippen LogP contribution in [-0.2, 0) is 0 Å². The largest absolute Gasteiger partial charge is 0.507 e. The van der Waals surface area contributed by atoms with Gasteiger partial charge in [-0.05, 0) is 18.2 Å². The fraction of sp³-hybridized carbons (Fsp3) is 0.0769. The highest BCUT2D eigenvalue weighted by atomic mass is 16.5. The lowest BCUT2D eigenvalue weighted by Crippen LogP contribution is -1.80. The van der Waals surface area contributed by atoms with Gasteiger partial charge in [-0.2, -0.15) is 5.26 Å². The van der Waals surface area contributed by atoms with Gasteiger partial charge in [0.05, 0.1) is 24.3 Å². The predicted molar refractivity (Wildman–Crippen MR) is 60.7 cm³/mol. The third kappa shape index (κ3) is 2.45. The second-order valence-corrected chi connectivity index (χ2v) is 3.25. The molecule has 4 heteroatoms. The molecule has 0 amide bonds. The first-order valence-electron chi connectivity index (χ1n) is 4.91. The Kier molecular flexibility index (Phi) is 3.09. The first-order chi connectivity index (χ1) is 8.31. The summed E-state index contributed by atoms with van der Waals surface area (Å²) in [7, 11) is 0. The molecular formula is C13H8N2O2. The van der Waals surface area contributed by atoms with Crippen LogP contribution in [0.2, 0.25) is 0 Å². The van der Waals surface area contributed by atoms with Crippen molar-refractivity contribution in [3.8, 4) is 35.0 Å². The normalized spacial score (nSPS) is 9.12. The quantitative estimate of drug-likeness (QED) is 0.754. The Morgan fingerprint density at radius 1 is 1.35 bits per heavy atom. The van der Waals surface area contributed by atoms with Crippen LogP contribution in [0.15, 0.2) is 35.0 Å². The first kappa shape index (κ1) is 10.8. The van der Waals surface area contributed by atoms with E-state index in [9.17, 15) is 5.11 Å². The van der Waals surface area contributed by atoms with E-state index in [0.717, 1.165) is 0 Å². The second-order valence-electron chi connectivity index (χ2n) is 3.25. The number of aromatic hydroxyl groups is 1. The van der Waals surface area contributed by atoms with Gasteiger partial charge in [0, 0.05) is 11.6 Å². The third-order valence-corrected chi connectivity index (χ3v) is 2.10. The number of benzene rings is 1. The molecular weight excluding hydrogens is 216 g/mol. The molecule has 1 N–H and O–H groups in total. The van der Waals surface area contributed by atoms with Crippen molar-refractivity contribution in [3.63, 3.8) is 0 Å². The number of aromatic nitrogens is 1. The van der Waals surface area contributed by atoms with Gasteiger partial charge in [0.1, 0.15) is 5.75 Å². The zero-order valence-corrected chi connectivity index (χ0v) is 8.84. The molecule has 0 atom stereocenters. The average molecular weight is 224 g/mol. The molecule has 0 fully saturated rings. The van der Waals surface area contributed by atoms with E-state index in [-0.39, 0.29) is 12.2 Å². The fourth-order valence-corrected chi connectivity index (χ4v) is 1.35. The van der Waals surface area contributed by atoms with Gasteiger partial charge in [-0.15, -0.1) is 0 Å². The minimum absolute atomic E-state index is 0.104. The standard InChI is InChI=1S/C13H8N2O2/c14-7-2-1-3-10-4-5-12(16)11(9-10)13-6-8-15-17-13/h4-6,8-9,16H,2H2. The Morgan fingerprint density at radius 3 is 2.94 bits per heavy atom.